The third-order valence-corrected chi connectivity index (χ3v) is 2.78. The highest BCUT2D eigenvalue weighted by molar-refractivity contribution is 5.88. The van der Waals surface area contributed by atoms with Crippen LogP contribution in [0.15, 0.2) is 30.3 Å². The molecule has 1 amide bonds. The van der Waals surface area contributed by atoms with Crippen molar-refractivity contribution in [3.63, 3.8) is 0 Å². The Hall–Kier alpha value is -1.06. The second kappa shape index (κ2) is 5.32. The Morgan fingerprint density at radius 3 is 2.50 bits per heavy atom. The van der Waals surface area contributed by atoms with Gasteiger partial charge in [-0.05, 0) is 24.8 Å². The summed E-state index contributed by atoms with van der Waals surface area (Å²) in [5, 5.41) is 2.87. The lowest BCUT2D eigenvalue weighted by molar-refractivity contribution is -0.123. The van der Waals surface area contributed by atoms with Crippen molar-refractivity contribution in [1.29, 1.82) is 0 Å². The number of halogens is 1. The van der Waals surface area contributed by atoms with Crippen LogP contribution in [0.2, 0.25) is 0 Å². The molecule has 0 aromatic heterocycles. The molecular formula is C12H17ClN2O. The van der Waals surface area contributed by atoms with Crippen molar-refractivity contribution in [3.05, 3.63) is 35.9 Å². The molecule has 2 rings (SSSR count). The van der Waals surface area contributed by atoms with Crippen molar-refractivity contribution in [3.8, 4) is 0 Å². The van der Waals surface area contributed by atoms with Crippen LogP contribution in [-0.4, -0.2) is 18.0 Å². The van der Waals surface area contributed by atoms with Gasteiger partial charge in [-0.1, -0.05) is 30.3 Å². The van der Waals surface area contributed by atoms with Crippen molar-refractivity contribution in [1.82, 2.24) is 5.32 Å². The molecule has 0 saturated heterocycles. The summed E-state index contributed by atoms with van der Waals surface area (Å²) >= 11 is 0. The fourth-order valence-electron chi connectivity index (χ4n) is 1.50. The highest BCUT2D eigenvalue weighted by Gasteiger charge is 2.45. The maximum absolute atomic E-state index is 11.5. The summed E-state index contributed by atoms with van der Waals surface area (Å²) in [7, 11) is 0. The van der Waals surface area contributed by atoms with Crippen LogP contribution in [0.1, 0.15) is 18.4 Å². The molecule has 1 saturated carbocycles. The average molecular weight is 241 g/mol. The molecule has 0 spiro atoms. The van der Waals surface area contributed by atoms with Crippen LogP contribution >= 0.6 is 12.4 Å². The van der Waals surface area contributed by atoms with E-state index in [4.69, 9.17) is 5.73 Å². The first kappa shape index (κ1) is 13.0. The zero-order chi connectivity index (χ0) is 10.7. The summed E-state index contributed by atoms with van der Waals surface area (Å²) in [6.45, 7) is 0.668. The van der Waals surface area contributed by atoms with Gasteiger partial charge in [-0.2, -0.15) is 0 Å². The van der Waals surface area contributed by atoms with Gasteiger partial charge < -0.3 is 11.1 Å². The van der Waals surface area contributed by atoms with E-state index in [1.807, 2.05) is 18.2 Å². The standard InChI is InChI=1S/C12H16N2O.ClH/c13-12(7-8-12)11(15)14-9-6-10-4-2-1-3-5-10;/h1-5H,6-9,13H2,(H,14,15);1H. The molecule has 0 atom stereocenters. The number of carbonyl (C=O) groups excluding carboxylic acids is 1. The van der Waals surface area contributed by atoms with Gasteiger partial charge in [0, 0.05) is 6.54 Å². The summed E-state index contributed by atoms with van der Waals surface area (Å²) in [6, 6.07) is 10.1. The van der Waals surface area contributed by atoms with Crippen LogP contribution < -0.4 is 11.1 Å². The maximum atomic E-state index is 11.5. The molecule has 3 N–H and O–H groups in total. The molecule has 0 radical (unpaired) electrons. The zero-order valence-corrected chi connectivity index (χ0v) is 9.93. The number of benzene rings is 1. The van der Waals surface area contributed by atoms with Gasteiger partial charge in [0.25, 0.3) is 0 Å². The molecule has 1 fully saturated rings. The van der Waals surface area contributed by atoms with E-state index in [0.29, 0.717) is 6.54 Å². The molecule has 1 aliphatic carbocycles. The monoisotopic (exact) mass is 240 g/mol. The van der Waals surface area contributed by atoms with E-state index in [9.17, 15) is 4.79 Å². The Morgan fingerprint density at radius 1 is 1.31 bits per heavy atom. The van der Waals surface area contributed by atoms with Gasteiger partial charge in [0.1, 0.15) is 0 Å². The summed E-state index contributed by atoms with van der Waals surface area (Å²) in [5.74, 6) is -0.00145. The average Bonchev–Trinajstić information content (AvgIpc) is 2.99. The molecule has 1 aromatic carbocycles. The van der Waals surface area contributed by atoms with Gasteiger partial charge in [-0.3, -0.25) is 4.79 Å². The normalized spacial score (nSPS) is 16.1. The van der Waals surface area contributed by atoms with Crippen LogP contribution in [0.25, 0.3) is 0 Å². The number of nitrogens with one attached hydrogen (secondary N) is 1. The van der Waals surface area contributed by atoms with E-state index in [1.54, 1.807) is 0 Å². The number of amides is 1. The maximum Gasteiger partial charge on any atom is 0.240 e. The fourth-order valence-corrected chi connectivity index (χ4v) is 1.50. The van der Waals surface area contributed by atoms with Gasteiger partial charge >= 0.3 is 0 Å². The smallest absolute Gasteiger partial charge is 0.240 e. The number of hydrogen-bond donors (Lipinski definition) is 2. The Kier molecular flexibility index (Phi) is 4.33. The second-order valence-electron chi connectivity index (χ2n) is 4.15. The lowest BCUT2D eigenvalue weighted by atomic mass is 10.1. The van der Waals surface area contributed by atoms with Gasteiger partial charge in [0.15, 0.2) is 0 Å². The molecule has 1 aliphatic rings. The molecule has 0 heterocycles. The van der Waals surface area contributed by atoms with E-state index in [2.05, 4.69) is 17.4 Å². The summed E-state index contributed by atoms with van der Waals surface area (Å²) in [4.78, 5) is 11.5. The summed E-state index contributed by atoms with van der Waals surface area (Å²) < 4.78 is 0. The number of nitrogens with two attached hydrogens (primary N) is 1. The van der Waals surface area contributed by atoms with E-state index < -0.39 is 5.54 Å². The van der Waals surface area contributed by atoms with E-state index >= 15 is 0 Å². The van der Waals surface area contributed by atoms with Crippen molar-refractivity contribution < 1.29 is 4.79 Å². The molecule has 3 nitrogen and oxygen atoms in total. The first-order valence-corrected chi connectivity index (χ1v) is 5.32. The lowest BCUT2D eigenvalue weighted by Gasteiger charge is -2.09. The third-order valence-electron chi connectivity index (χ3n) is 2.78. The number of rotatable bonds is 4. The Morgan fingerprint density at radius 2 is 1.94 bits per heavy atom. The highest BCUT2D eigenvalue weighted by Crippen LogP contribution is 2.31. The molecule has 0 bridgehead atoms. The predicted molar refractivity (Wildman–Crippen MR) is 66.6 cm³/mol. The number of carbonyl (C=O) groups is 1. The minimum atomic E-state index is -0.545. The van der Waals surface area contributed by atoms with Gasteiger partial charge in [0.05, 0.1) is 5.54 Å². The minimum Gasteiger partial charge on any atom is -0.354 e. The highest BCUT2D eigenvalue weighted by atomic mass is 35.5. The Bertz CT molecular complexity index is 349. The summed E-state index contributed by atoms with van der Waals surface area (Å²) in [6.07, 6.45) is 2.51. The molecule has 1 aromatic rings. The molecule has 0 aliphatic heterocycles. The zero-order valence-electron chi connectivity index (χ0n) is 9.11. The van der Waals surface area contributed by atoms with E-state index in [1.165, 1.54) is 5.56 Å². The van der Waals surface area contributed by atoms with Crippen molar-refractivity contribution in [2.45, 2.75) is 24.8 Å². The van der Waals surface area contributed by atoms with Crippen LogP contribution in [-0.2, 0) is 11.2 Å². The van der Waals surface area contributed by atoms with Gasteiger partial charge in [0.2, 0.25) is 5.91 Å². The third kappa shape index (κ3) is 3.22. The van der Waals surface area contributed by atoms with Crippen molar-refractivity contribution in [2.24, 2.45) is 5.73 Å². The fraction of sp³-hybridized carbons (Fsp3) is 0.417. The molecule has 16 heavy (non-hydrogen) atoms. The number of hydrogen-bond acceptors (Lipinski definition) is 2. The van der Waals surface area contributed by atoms with E-state index in [0.717, 1.165) is 19.3 Å². The second-order valence-corrected chi connectivity index (χ2v) is 4.15. The SMILES string of the molecule is Cl.NC1(C(=O)NCCc2ccccc2)CC1. The topological polar surface area (TPSA) is 55.1 Å². The van der Waals surface area contributed by atoms with Crippen LogP contribution in [0, 0.1) is 0 Å². The minimum absolute atomic E-state index is 0. The quantitative estimate of drug-likeness (QED) is 0.833. The predicted octanol–water partition coefficient (Wildman–Crippen LogP) is 1.26. The van der Waals surface area contributed by atoms with Crippen LogP contribution in [0.5, 0.6) is 0 Å². The Labute approximate surface area is 102 Å². The van der Waals surface area contributed by atoms with Crippen LogP contribution in [0.3, 0.4) is 0 Å². The van der Waals surface area contributed by atoms with Gasteiger partial charge in [-0.15, -0.1) is 12.4 Å². The largest absolute Gasteiger partial charge is 0.354 e. The molecule has 4 heteroatoms. The molecule has 88 valence electrons. The summed E-state index contributed by atoms with van der Waals surface area (Å²) in [5.41, 5.74) is 6.45. The van der Waals surface area contributed by atoms with Crippen molar-refractivity contribution >= 4 is 18.3 Å². The first-order chi connectivity index (χ1) is 7.21. The lowest BCUT2D eigenvalue weighted by Crippen LogP contribution is -2.43. The molecular weight excluding hydrogens is 224 g/mol. The molecule has 0 unspecified atom stereocenters. The Balaban J connectivity index is 0.00000128. The van der Waals surface area contributed by atoms with Gasteiger partial charge in [-0.25, -0.2) is 0 Å². The first-order valence-electron chi connectivity index (χ1n) is 5.32. The van der Waals surface area contributed by atoms with E-state index in [-0.39, 0.29) is 18.3 Å². The van der Waals surface area contributed by atoms with Crippen LogP contribution in [0.4, 0.5) is 0 Å². The van der Waals surface area contributed by atoms with Crippen molar-refractivity contribution in [2.75, 3.05) is 6.54 Å².